The quantitative estimate of drug-likeness (QED) is 0.122. The number of nitrogens with two attached hydrogens (primary N) is 2. The Labute approximate surface area is 173 Å². The van der Waals surface area contributed by atoms with Gasteiger partial charge in [-0.25, -0.2) is 11.3 Å². The molecule has 0 bridgehead atoms. The van der Waals surface area contributed by atoms with Crippen LogP contribution in [0.25, 0.3) is 0 Å². The summed E-state index contributed by atoms with van der Waals surface area (Å²) < 4.78 is 0. The van der Waals surface area contributed by atoms with Crippen molar-refractivity contribution in [3.63, 3.8) is 0 Å². The molecule has 0 atom stereocenters. The number of hydrazine groups is 25. The van der Waals surface area contributed by atoms with Gasteiger partial charge in [-0.3, -0.25) is 5.84 Å². The maximum Gasteiger partial charge on any atom is 0.0336 e. The topological polar surface area (TPSA) is 158 Å². The van der Waals surface area contributed by atoms with E-state index in [1.54, 1.807) is 26.1 Å². The Morgan fingerprint density at radius 3 is 1.87 bits per heavy atom. The monoisotopic (exact) mass is 433 g/mol. The number of hydrogen-bond donors (Lipinski definition) is 7. The van der Waals surface area contributed by atoms with Gasteiger partial charge in [0.2, 0.25) is 0 Å². The molecule has 21 nitrogen and oxygen atoms in total. The summed E-state index contributed by atoms with van der Waals surface area (Å²) in [6.07, 6.45) is 2.15. The molecule has 0 saturated carbocycles. The van der Waals surface area contributed by atoms with Gasteiger partial charge in [-0.2, -0.15) is 5.53 Å². The minimum Gasteiger partial charge on any atom is -0.257 e. The normalized spacial score (nSPS) is 29.8. The minimum absolute atomic E-state index is 0.752. The maximum absolute atomic E-state index is 6.15. The van der Waals surface area contributed by atoms with Gasteiger partial charge in [0, 0.05) is 26.7 Å². The lowest BCUT2D eigenvalue weighted by Crippen LogP contribution is -3.15. The molecule has 0 amide bonds. The lowest BCUT2D eigenvalue weighted by Gasteiger charge is -2.84. The van der Waals surface area contributed by atoms with Crippen LogP contribution in [0.2, 0.25) is 0 Å². The summed E-state index contributed by atoms with van der Waals surface area (Å²) in [4.78, 5) is 0. The predicted octanol–water partition coefficient (Wildman–Crippen LogP) is -5.51. The van der Waals surface area contributed by atoms with Crippen LogP contribution in [-0.4, -0.2) is 99.5 Å². The Kier molecular flexibility index (Phi) is 5.56. The molecule has 0 spiro atoms. The number of rotatable bonds is 11. The first-order valence-electron chi connectivity index (χ1n) is 9.91. The van der Waals surface area contributed by atoms with Crippen LogP contribution >= 0.6 is 0 Å². The maximum atomic E-state index is 6.15. The van der Waals surface area contributed by atoms with Gasteiger partial charge < -0.3 is 0 Å². The predicted molar refractivity (Wildman–Crippen MR) is 96.6 cm³/mol. The van der Waals surface area contributed by atoms with Crippen molar-refractivity contribution in [2.24, 2.45) is 11.7 Å². The molecular formula is C9H31N21. The van der Waals surface area contributed by atoms with Gasteiger partial charge in [0.05, 0.1) is 0 Å². The molecule has 5 aliphatic rings. The smallest absolute Gasteiger partial charge is 0.0336 e. The highest BCUT2D eigenvalue weighted by molar-refractivity contribution is 4.70. The van der Waals surface area contributed by atoms with E-state index in [4.69, 9.17) is 11.7 Å². The molecule has 0 aromatic carbocycles. The van der Waals surface area contributed by atoms with Crippen molar-refractivity contribution in [1.82, 2.24) is 100 Å². The summed E-state index contributed by atoms with van der Waals surface area (Å²) >= 11 is 0. The van der Waals surface area contributed by atoms with Gasteiger partial charge in [-0.05, 0) is 67.3 Å². The standard InChI is InChI=1S/C9H31N21/c1-5-8-9-19-17(6-2)22(20(19)11)15-16-24-23(14-13-10)27-28(24)29-25-18(7-3)21(12-4)26(25)30(27)29/h12-16H,5-11H2,1-4H3. The SMILES string of the molecule is CCCCN1N(N)N(NNN2N(NNN)N3N2N2N4N(CC)N(NC)N4N32)N1CC. The Morgan fingerprint density at radius 1 is 0.667 bits per heavy atom. The fraction of sp³-hybridized carbons (Fsp3) is 1.00. The highest BCUT2D eigenvalue weighted by Crippen LogP contribution is 2.50. The van der Waals surface area contributed by atoms with E-state index < -0.39 is 0 Å². The van der Waals surface area contributed by atoms with Gasteiger partial charge in [0.1, 0.15) is 0 Å². The van der Waals surface area contributed by atoms with Gasteiger partial charge in [0.25, 0.3) is 0 Å². The molecule has 5 heterocycles. The Bertz CT molecular complexity index is 613. The van der Waals surface area contributed by atoms with Crippen molar-refractivity contribution < 1.29 is 0 Å². The van der Waals surface area contributed by atoms with Gasteiger partial charge in [-0.15, -0.1) is 32.0 Å². The third kappa shape index (κ3) is 2.56. The first kappa shape index (κ1) is 21.0. The molecule has 0 aromatic heterocycles. The van der Waals surface area contributed by atoms with Gasteiger partial charge in [0.15, 0.2) is 0 Å². The average Bonchev–Trinajstić information content (AvgIpc) is 2.73. The van der Waals surface area contributed by atoms with Crippen LogP contribution in [0.5, 0.6) is 0 Å². The van der Waals surface area contributed by atoms with E-state index in [-0.39, 0.29) is 0 Å². The van der Waals surface area contributed by atoms with Crippen molar-refractivity contribution in [2.45, 2.75) is 33.6 Å². The molecule has 21 heteroatoms. The molecule has 5 saturated heterocycles. The third-order valence-corrected chi connectivity index (χ3v) is 5.04. The first-order valence-corrected chi connectivity index (χ1v) is 9.91. The minimum atomic E-state index is 0.752. The Balaban J connectivity index is 1.20. The second-order valence-corrected chi connectivity index (χ2v) is 6.62. The van der Waals surface area contributed by atoms with Crippen molar-refractivity contribution in [1.29, 1.82) is 0 Å². The van der Waals surface area contributed by atoms with E-state index >= 15 is 0 Å². The molecular weight excluding hydrogens is 402 g/mol. The second kappa shape index (κ2) is 7.94. The van der Waals surface area contributed by atoms with Crippen molar-refractivity contribution in [3.8, 4) is 0 Å². The summed E-state index contributed by atoms with van der Waals surface area (Å²) in [5.74, 6) is 11.6. The van der Waals surface area contributed by atoms with E-state index in [0.29, 0.717) is 0 Å². The molecule has 9 N–H and O–H groups in total. The van der Waals surface area contributed by atoms with Crippen LogP contribution < -0.4 is 39.3 Å². The van der Waals surface area contributed by atoms with E-state index in [9.17, 15) is 0 Å². The van der Waals surface area contributed by atoms with Crippen molar-refractivity contribution in [3.05, 3.63) is 0 Å². The van der Waals surface area contributed by atoms with E-state index in [0.717, 1.165) is 32.5 Å². The second-order valence-electron chi connectivity index (χ2n) is 6.62. The zero-order valence-electron chi connectivity index (χ0n) is 17.5. The van der Waals surface area contributed by atoms with Crippen LogP contribution in [0.1, 0.15) is 33.6 Å². The molecule has 172 valence electrons. The lowest BCUT2D eigenvalue weighted by molar-refractivity contribution is -0.958. The number of nitrogens with one attached hydrogen (secondary N) is 5. The molecule has 0 aliphatic carbocycles. The fourth-order valence-electron chi connectivity index (χ4n) is 3.64. The largest absolute Gasteiger partial charge is 0.257 e. The van der Waals surface area contributed by atoms with Gasteiger partial charge >= 0.3 is 0 Å². The number of nitrogens with zero attached hydrogens (tertiary/aromatic N) is 14. The van der Waals surface area contributed by atoms with Crippen LogP contribution in [-0.2, 0) is 0 Å². The molecule has 30 heavy (non-hydrogen) atoms. The van der Waals surface area contributed by atoms with Crippen LogP contribution in [0.15, 0.2) is 0 Å². The summed E-state index contributed by atoms with van der Waals surface area (Å²) in [5.41, 5.74) is 14.5. The zero-order valence-corrected chi connectivity index (χ0v) is 17.5. The van der Waals surface area contributed by atoms with Gasteiger partial charge in [-0.1, -0.05) is 23.8 Å². The molecule has 5 aliphatic heterocycles. The molecule has 5 fully saturated rings. The van der Waals surface area contributed by atoms with E-state index in [1.807, 2.05) is 48.5 Å². The lowest BCUT2D eigenvalue weighted by atomic mass is 10.3. The summed E-state index contributed by atoms with van der Waals surface area (Å²) in [6, 6.07) is 0. The summed E-state index contributed by atoms with van der Waals surface area (Å²) in [6.45, 7) is 8.64. The van der Waals surface area contributed by atoms with Crippen LogP contribution in [0, 0.1) is 0 Å². The highest BCUT2D eigenvalue weighted by Gasteiger charge is 2.81. The first-order chi connectivity index (χ1) is 14.6. The summed E-state index contributed by atoms with van der Waals surface area (Å²) in [5, 5.41) is 25.3. The Morgan fingerprint density at radius 2 is 1.27 bits per heavy atom. The number of fused-ring (bicyclic) bond motifs is 7. The third-order valence-electron chi connectivity index (χ3n) is 5.04. The van der Waals surface area contributed by atoms with Crippen LogP contribution in [0.3, 0.4) is 0 Å². The zero-order chi connectivity index (χ0) is 21.2. The van der Waals surface area contributed by atoms with E-state index in [1.165, 1.54) is 5.23 Å². The number of unbranched alkanes of at least 4 members (excludes halogenated alkanes) is 1. The molecule has 0 aromatic rings. The number of hydrogen-bond acceptors (Lipinski definition) is 21. The fourth-order valence-corrected chi connectivity index (χ4v) is 3.64. The molecule has 5 rings (SSSR count). The molecule has 0 unspecified atom stereocenters. The van der Waals surface area contributed by atoms with Crippen molar-refractivity contribution >= 4 is 0 Å². The molecule has 0 radical (unpaired) electrons. The Hall–Kier alpha value is -0.840. The average molecular weight is 433 g/mol. The summed E-state index contributed by atoms with van der Waals surface area (Å²) in [7, 11) is 1.85. The van der Waals surface area contributed by atoms with Crippen molar-refractivity contribution in [2.75, 3.05) is 26.7 Å². The van der Waals surface area contributed by atoms with Crippen LogP contribution in [0.4, 0.5) is 0 Å². The highest BCUT2D eigenvalue weighted by atomic mass is 16.8. The van der Waals surface area contributed by atoms with E-state index in [2.05, 4.69) is 48.3 Å².